The van der Waals surface area contributed by atoms with Crippen molar-refractivity contribution in [2.75, 3.05) is 11.5 Å². The summed E-state index contributed by atoms with van der Waals surface area (Å²) >= 11 is 4.15. The predicted octanol–water partition coefficient (Wildman–Crippen LogP) is -6.02. The van der Waals surface area contributed by atoms with Crippen molar-refractivity contribution in [3.8, 4) is 0 Å². The van der Waals surface area contributed by atoms with Crippen LogP contribution in [0.4, 0.5) is 0 Å². The minimum absolute atomic E-state index is 0. The van der Waals surface area contributed by atoms with Gasteiger partial charge in [-0.3, -0.25) is 4.21 Å². The van der Waals surface area contributed by atoms with Gasteiger partial charge in [0.05, 0.1) is 10.1 Å². The molecule has 0 saturated heterocycles. The van der Waals surface area contributed by atoms with Crippen LogP contribution in [-0.2, 0) is 30.1 Å². The fraction of sp³-hybridized carbons (Fsp3) is 1.00. The Labute approximate surface area is 146 Å². The number of unbranched alkanes of at least 4 members (excludes halogenated alkanes) is 3. The van der Waals surface area contributed by atoms with Crippen molar-refractivity contribution in [1.82, 2.24) is 0 Å². The molecule has 0 radical (unpaired) electrons. The molecular formula is C6H12Na2O5S3. The molecular weight excluding hydrogens is 294 g/mol. The quantitative estimate of drug-likeness (QED) is 0.264. The molecule has 0 rings (SSSR count). The van der Waals surface area contributed by atoms with Gasteiger partial charge in [0.1, 0.15) is 0 Å². The Morgan fingerprint density at radius 1 is 0.812 bits per heavy atom. The molecule has 0 aliphatic carbocycles. The molecule has 0 heterocycles. The van der Waals surface area contributed by atoms with Crippen LogP contribution in [0.1, 0.15) is 25.7 Å². The van der Waals surface area contributed by atoms with E-state index in [1.807, 2.05) is 0 Å². The maximum atomic E-state index is 10.5. The Morgan fingerprint density at radius 2 is 1.19 bits per heavy atom. The molecule has 10 heteroatoms. The molecule has 0 fully saturated rings. The molecule has 0 bridgehead atoms. The summed E-state index contributed by atoms with van der Waals surface area (Å²) in [6, 6.07) is 0. The topological polar surface area (TPSA) is 97.3 Å². The third-order valence-electron chi connectivity index (χ3n) is 1.54. The average molecular weight is 306 g/mol. The molecule has 0 aliphatic heterocycles. The molecule has 0 saturated carbocycles. The van der Waals surface area contributed by atoms with Crippen molar-refractivity contribution in [3.05, 3.63) is 0 Å². The summed E-state index contributed by atoms with van der Waals surface area (Å²) in [6.45, 7) is 0. The first-order chi connectivity index (χ1) is 6.21. The first-order valence-corrected chi connectivity index (χ1v) is 8.23. The summed E-state index contributed by atoms with van der Waals surface area (Å²) in [7, 11) is -7.46. The van der Waals surface area contributed by atoms with Gasteiger partial charge in [-0.1, -0.05) is 12.8 Å². The molecule has 1 unspecified atom stereocenters. The van der Waals surface area contributed by atoms with Gasteiger partial charge in [-0.15, -0.1) is 0 Å². The Bertz CT molecular complexity index is 314. The van der Waals surface area contributed by atoms with E-state index < -0.39 is 18.9 Å². The summed E-state index contributed by atoms with van der Waals surface area (Å²) in [4.78, 5) is 0. The SMILES string of the molecule is O=S(=O)([O-])CCCCCCS(=O)([O-])=S.[Na+].[Na+]. The monoisotopic (exact) mass is 306 g/mol. The van der Waals surface area contributed by atoms with E-state index in [9.17, 15) is 21.7 Å². The maximum absolute atomic E-state index is 10.5. The van der Waals surface area contributed by atoms with Gasteiger partial charge in [0.15, 0.2) is 0 Å². The first-order valence-electron chi connectivity index (χ1n) is 4.08. The normalized spacial score (nSPS) is 14.4. The van der Waals surface area contributed by atoms with Crippen LogP contribution in [0.15, 0.2) is 0 Å². The number of hydrogen-bond donors (Lipinski definition) is 0. The Hall–Kier alpha value is 2.24. The first kappa shape index (κ1) is 23.3. The van der Waals surface area contributed by atoms with Crippen molar-refractivity contribution >= 4 is 30.1 Å². The second kappa shape index (κ2) is 11.1. The number of rotatable bonds is 7. The van der Waals surface area contributed by atoms with Crippen LogP contribution in [0.2, 0.25) is 0 Å². The van der Waals surface area contributed by atoms with Crippen LogP contribution in [0.3, 0.4) is 0 Å². The van der Waals surface area contributed by atoms with E-state index in [0.29, 0.717) is 19.3 Å². The smallest absolute Gasteiger partial charge is 0.769 e. The van der Waals surface area contributed by atoms with Crippen molar-refractivity contribution in [2.45, 2.75) is 25.7 Å². The maximum Gasteiger partial charge on any atom is 1.00 e. The average Bonchev–Trinajstić information content (AvgIpc) is 1.92. The van der Waals surface area contributed by atoms with Crippen molar-refractivity contribution < 1.29 is 80.8 Å². The third-order valence-corrected chi connectivity index (χ3v) is 3.62. The molecule has 86 valence electrons. The Morgan fingerprint density at radius 3 is 1.50 bits per heavy atom. The fourth-order valence-corrected chi connectivity index (χ4v) is 2.38. The molecule has 0 aromatic rings. The van der Waals surface area contributed by atoms with Gasteiger partial charge < -0.3 is 9.11 Å². The zero-order valence-electron chi connectivity index (χ0n) is 9.51. The molecule has 0 spiro atoms. The van der Waals surface area contributed by atoms with Crippen LogP contribution < -0.4 is 59.1 Å². The van der Waals surface area contributed by atoms with Gasteiger partial charge in [0.2, 0.25) is 0 Å². The second-order valence-electron chi connectivity index (χ2n) is 2.94. The van der Waals surface area contributed by atoms with Gasteiger partial charge in [-0.25, -0.2) is 8.42 Å². The van der Waals surface area contributed by atoms with Crippen LogP contribution in [0.25, 0.3) is 0 Å². The van der Waals surface area contributed by atoms with Crippen molar-refractivity contribution in [3.63, 3.8) is 0 Å². The van der Waals surface area contributed by atoms with Crippen LogP contribution in [0, 0.1) is 0 Å². The number of hydrogen-bond acceptors (Lipinski definition) is 6. The molecule has 16 heavy (non-hydrogen) atoms. The third kappa shape index (κ3) is 21.5. The molecule has 0 N–H and O–H groups in total. The van der Waals surface area contributed by atoms with E-state index in [-0.39, 0.29) is 77.0 Å². The molecule has 5 nitrogen and oxygen atoms in total. The van der Waals surface area contributed by atoms with E-state index in [2.05, 4.69) is 11.2 Å². The molecule has 0 aromatic carbocycles. The van der Waals surface area contributed by atoms with E-state index in [0.717, 1.165) is 0 Å². The molecule has 0 amide bonds. The second-order valence-corrected chi connectivity index (χ2v) is 7.51. The zero-order chi connectivity index (χ0) is 11.2. The van der Waals surface area contributed by atoms with E-state index in [1.54, 1.807) is 0 Å². The minimum Gasteiger partial charge on any atom is -0.769 e. The fourth-order valence-electron chi connectivity index (χ4n) is 0.911. The van der Waals surface area contributed by atoms with E-state index >= 15 is 0 Å². The summed E-state index contributed by atoms with van der Waals surface area (Å²) in [5.41, 5.74) is 0. The summed E-state index contributed by atoms with van der Waals surface area (Å²) in [6.07, 6.45) is 1.81. The van der Waals surface area contributed by atoms with Gasteiger partial charge in [0.25, 0.3) is 0 Å². The molecule has 0 aromatic heterocycles. The van der Waals surface area contributed by atoms with Crippen molar-refractivity contribution in [2.24, 2.45) is 0 Å². The van der Waals surface area contributed by atoms with Crippen LogP contribution in [0.5, 0.6) is 0 Å². The van der Waals surface area contributed by atoms with Gasteiger partial charge in [-0.2, -0.15) is 0 Å². The van der Waals surface area contributed by atoms with Crippen LogP contribution >= 0.6 is 0 Å². The Kier molecular flexibility index (Phi) is 16.2. The van der Waals surface area contributed by atoms with Gasteiger partial charge >= 0.3 is 59.1 Å². The van der Waals surface area contributed by atoms with Gasteiger partial charge in [0, 0.05) is 11.5 Å². The molecule has 0 aliphatic rings. The summed E-state index contributed by atoms with van der Waals surface area (Å²) in [5, 5.41) is 0. The molecule has 1 atom stereocenters. The van der Waals surface area contributed by atoms with Crippen molar-refractivity contribution in [1.29, 1.82) is 0 Å². The predicted molar refractivity (Wildman–Crippen MR) is 54.2 cm³/mol. The van der Waals surface area contributed by atoms with Gasteiger partial charge in [-0.05, 0) is 32.8 Å². The minimum atomic E-state index is -4.13. The van der Waals surface area contributed by atoms with Crippen LogP contribution in [-0.4, -0.2) is 33.2 Å². The van der Waals surface area contributed by atoms with E-state index in [4.69, 9.17) is 0 Å². The largest absolute Gasteiger partial charge is 1.00 e. The zero-order valence-corrected chi connectivity index (χ0v) is 16.0. The Balaban J connectivity index is -0.000000845. The summed E-state index contributed by atoms with van der Waals surface area (Å²) < 4.78 is 51.4. The standard InChI is InChI=1S/C6H14O5S3.2Na/c7-13(8,9)5-3-1-2-4-6-14(10,11)12;;/h1-6H2,(H,7,8,9)(H,10,11,12);;/q;2*+1/p-2. The van der Waals surface area contributed by atoms with E-state index in [1.165, 1.54) is 0 Å². The summed E-state index contributed by atoms with van der Waals surface area (Å²) in [5.74, 6) is -0.444.